The second-order valence-corrected chi connectivity index (χ2v) is 6.28. The molecular weight excluding hydrogens is 368 g/mol. The highest BCUT2D eigenvalue weighted by Crippen LogP contribution is 2.14. The van der Waals surface area contributed by atoms with E-state index in [4.69, 9.17) is 0 Å². The van der Waals surface area contributed by atoms with Crippen LogP contribution in [0.2, 0.25) is 0 Å². The Morgan fingerprint density at radius 3 is 2.07 bits per heavy atom. The van der Waals surface area contributed by atoms with Gasteiger partial charge in [-0.3, -0.25) is 25.2 Å². The number of carbonyl (C=O) groups is 3. The summed E-state index contributed by atoms with van der Waals surface area (Å²) in [6.07, 6.45) is 1.53. The Hall–Kier alpha value is -3.61. The molecule has 2 aromatic rings. The van der Waals surface area contributed by atoms with Crippen molar-refractivity contribution in [2.24, 2.45) is 0 Å². The summed E-state index contributed by atoms with van der Waals surface area (Å²) in [6.45, 7) is 7.18. The molecule has 0 bridgehead atoms. The third-order valence-electron chi connectivity index (χ3n) is 4.21. The van der Waals surface area contributed by atoms with Crippen LogP contribution in [0.4, 0.5) is 5.69 Å². The van der Waals surface area contributed by atoms with Gasteiger partial charge in [-0.25, -0.2) is 0 Å². The van der Waals surface area contributed by atoms with E-state index in [0.29, 0.717) is 5.56 Å². The van der Waals surface area contributed by atoms with Crippen molar-refractivity contribution in [3.8, 4) is 0 Å². The number of hydrazine groups is 1. The fourth-order valence-electron chi connectivity index (χ4n) is 2.73. The molecule has 3 N–H and O–H groups in total. The Morgan fingerprint density at radius 1 is 0.897 bits per heavy atom. The SMILES string of the molecule is CCN(CC)c1ccc(C(=O)NNC(=O)/C(=C/c2ccccc2)NC(C)=O)cc1. The molecular formula is C22H26N4O3. The van der Waals surface area contributed by atoms with Gasteiger partial charge < -0.3 is 10.2 Å². The maximum Gasteiger partial charge on any atom is 0.286 e. The second kappa shape index (κ2) is 10.7. The number of hydrogen-bond donors (Lipinski definition) is 3. The first kappa shape index (κ1) is 21.7. The van der Waals surface area contributed by atoms with Gasteiger partial charge >= 0.3 is 0 Å². The standard InChI is InChI=1S/C22H26N4O3/c1-4-26(5-2)19-13-11-18(12-14-19)21(28)24-25-22(29)20(23-16(3)27)15-17-9-7-6-8-10-17/h6-15H,4-5H2,1-3H3,(H,23,27)(H,24,28)(H,25,29)/b20-15-. The number of nitrogens with one attached hydrogen (secondary N) is 3. The number of hydrogen-bond acceptors (Lipinski definition) is 4. The molecule has 0 aliphatic rings. The zero-order valence-electron chi connectivity index (χ0n) is 16.9. The summed E-state index contributed by atoms with van der Waals surface area (Å²) in [5.74, 6) is -1.47. The van der Waals surface area contributed by atoms with E-state index >= 15 is 0 Å². The maximum atomic E-state index is 12.4. The van der Waals surface area contributed by atoms with Crippen molar-refractivity contribution in [3.05, 3.63) is 71.4 Å². The molecule has 29 heavy (non-hydrogen) atoms. The molecule has 3 amide bonds. The average Bonchev–Trinajstić information content (AvgIpc) is 2.73. The lowest BCUT2D eigenvalue weighted by Crippen LogP contribution is -2.45. The molecule has 0 aliphatic heterocycles. The molecule has 2 aromatic carbocycles. The van der Waals surface area contributed by atoms with Crippen LogP contribution in [0.1, 0.15) is 36.7 Å². The van der Waals surface area contributed by atoms with E-state index < -0.39 is 11.8 Å². The summed E-state index contributed by atoms with van der Waals surface area (Å²) in [5, 5.41) is 2.48. The minimum atomic E-state index is -0.628. The summed E-state index contributed by atoms with van der Waals surface area (Å²) >= 11 is 0. The first-order valence-corrected chi connectivity index (χ1v) is 9.44. The summed E-state index contributed by atoms with van der Waals surface area (Å²) in [6, 6.07) is 16.2. The lowest BCUT2D eigenvalue weighted by molar-refractivity contribution is -0.122. The number of amides is 3. The average molecular weight is 394 g/mol. The van der Waals surface area contributed by atoms with Crippen LogP contribution in [-0.4, -0.2) is 30.8 Å². The number of benzene rings is 2. The van der Waals surface area contributed by atoms with Crippen molar-refractivity contribution in [2.75, 3.05) is 18.0 Å². The Morgan fingerprint density at radius 2 is 1.52 bits per heavy atom. The Labute approximate surface area is 170 Å². The van der Waals surface area contributed by atoms with Gasteiger partial charge in [-0.1, -0.05) is 30.3 Å². The van der Waals surface area contributed by atoms with E-state index in [1.165, 1.54) is 13.0 Å². The van der Waals surface area contributed by atoms with Crippen molar-refractivity contribution in [2.45, 2.75) is 20.8 Å². The molecule has 2 rings (SSSR count). The lowest BCUT2D eigenvalue weighted by atomic mass is 10.2. The highest BCUT2D eigenvalue weighted by atomic mass is 16.2. The molecule has 0 atom stereocenters. The quantitative estimate of drug-likeness (QED) is 0.497. The van der Waals surface area contributed by atoms with E-state index in [2.05, 4.69) is 34.9 Å². The van der Waals surface area contributed by atoms with E-state index in [0.717, 1.165) is 24.3 Å². The number of rotatable bonds is 7. The molecule has 0 radical (unpaired) electrons. The minimum absolute atomic E-state index is 0.0286. The van der Waals surface area contributed by atoms with Gasteiger partial charge in [0.1, 0.15) is 5.70 Å². The van der Waals surface area contributed by atoms with Crippen LogP contribution in [0.15, 0.2) is 60.3 Å². The fourth-order valence-corrected chi connectivity index (χ4v) is 2.73. The summed E-state index contributed by atoms with van der Waals surface area (Å²) in [5.41, 5.74) is 6.91. The van der Waals surface area contributed by atoms with Crippen molar-refractivity contribution in [1.29, 1.82) is 0 Å². The lowest BCUT2D eigenvalue weighted by Gasteiger charge is -2.21. The topological polar surface area (TPSA) is 90.5 Å². The molecule has 0 aliphatic carbocycles. The van der Waals surface area contributed by atoms with Crippen LogP contribution in [0.3, 0.4) is 0 Å². The van der Waals surface area contributed by atoms with E-state index in [9.17, 15) is 14.4 Å². The predicted molar refractivity (Wildman–Crippen MR) is 114 cm³/mol. The van der Waals surface area contributed by atoms with Gasteiger partial charge in [-0.05, 0) is 49.8 Å². The highest BCUT2D eigenvalue weighted by Gasteiger charge is 2.13. The van der Waals surface area contributed by atoms with Gasteiger partial charge in [0.05, 0.1) is 0 Å². The van der Waals surface area contributed by atoms with Gasteiger partial charge in [0.15, 0.2) is 0 Å². The molecule has 0 saturated carbocycles. The normalized spacial score (nSPS) is 10.8. The highest BCUT2D eigenvalue weighted by molar-refractivity contribution is 6.03. The van der Waals surface area contributed by atoms with Crippen LogP contribution in [-0.2, 0) is 9.59 Å². The van der Waals surface area contributed by atoms with Gasteiger partial charge in [-0.15, -0.1) is 0 Å². The van der Waals surface area contributed by atoms with Crippen molar-refractivity contribution >= 4 is 29.5 Å². The first-order valence-electron chi connectivity index (χ1n) is 9.44. The number of anilines is 1. The largest absolute Gasteiger partial charge is 0.372 e. The zero-order valence-corrected chi connectivity index (χ0v) is 16.9. The van der Waals surface area contributed by atoms with Crippen LogP contribution < -0.4 is 21.1 Å². The zero-order chi connectivity index (χ0) is 21.2. The van der Waals surface area contributed by atoms with Crippen LogP contribution in [0, 0.1) is 0 Å². The van der Waals surface area contributed by atoms with E-state index in [1.54, 1.807) is 24.3 Å². The monoisotopic (exact) mass is 394 g/mol. The third kappa shape index (κ3) is 6.49. The molecule has 0 saturated heterocycles. The van der Waals surface area contributed by atoms with E-state index in [-0.39, 0.29) is 11.6 Å². The molecule has 0 heterocycles. The van der Waals surface area contributed by atoms with Gasteiger partial charge in [0, 0.05) is 31.3 Å². The molecule has 7 nitrogen and oxygen atoms in total. The van der Waals surface area contributed by atoms with Gasteiger partial charge in [0.25, 0.3) is 11.8 Å². The van der Waals surface area contributed by atoms with Crippen molar-refractivity contribution < 1.29 is 14.4 Å². The van der Waals surface area contributed by atoms with Gasteiger partial charge in [0.2, 0.25) is 5.91 Å². The Bertz CT molecular complexity index is 873. The van der Waals surface area contributed by atoms with Crippen molar-refractivity contribution in [1.82, 2.24) is 16.2 Å². The predicted octanol–water partition coefficient (Wildman–Crippen LogP) is 2.47. The number of carbonyl (C=O) groups excluding carboxylic acids is 3. The molecule has 152 valence electrons. The number of nitrogens with zero attached hydrogens (tertiary/aromatic N) is 1. The fraction of sp³-hybridized carbons (Fsp3) is 0.227. The summed E-state index contributed by atoms with van der Waals surface area (Å²) in [4.78, 5) is 38.3. The van der Waals surface area contributed by atoms with E-state index in [1.807, 2.05) is 30.3 Å². The minimum Gasteiger partial charge on any atom is -0.372 e. The summed E-state index contributed by atoms with van der Waals surface area (Å²) < 4.78 is 0. The smallest absolute Gasteiger partial charge is 0.286 e. The summed E-state index contributed by atoms with van der Waals surface area (Å²) in [7, 11) is 0. The molecule has 0 unspecified atom stereocenters. The Balaban J connectivity index is 2.04. The molecule has 7 heteroatoms. The Kier molecular flexibility index (Phi) is 7.97. The molecule has 0 fully saturated rings. The second-order valence-electron chi connectivity index (χ2n) is 6.28. The molecule has 0 aromatic heterocycles. The molecule has 0 spiro atoms. The van der Waals surface area contributed by atoms with Crippen LogP contribution in [0.5, 0.6) is 0 Å². The van der Waals surface area contributed by atoms with Crippen LogP contribution in [0.25, 0.3) is 6.08 Å². The maximum absolute atomic E-state index is 12.4. The van der Waals surface area contributed by atoms with Gasteiger partial charge in [-0.2, -0.15) is 0 Å². The third-order valence-corrected chi connectivity index (χ3v) is 4.21. The van der Waals surface area contributed by atoms with Crippen molar-refractivity contribution in [3.63, 3.8) is 0 Å². The first-order chi connectivity index (χ1) is 13.9. The van der Waals surface area contributed by atoms with Crippen LogP contribution >= 0.6 is 0 Å².